The quantitative estimate of drug-likeness (QED) is 0.556. The molecule has 0 radical (unpaired) electrons. The van der Waals surface area contributed by atoms with E-state index < -0.39 is 0 Å². The second-order valence-corrected chi connectivity index (χ2v) is 7.63. The van der Waals surface area contributed by atoms with Crippen LogP contribution in [0.2, 0.25) is 0 Å². The summed E-state index contributed by atoms with van der Waals surface area (Å²) in [6.45, 7) is 0.658. The Morgan fingerprint density at radius 3 is 2.50 bits per heavy atom. The van der Waals surface area contributed by atoms with E-state index in [2.05, 4.69) is 28.1 Å². The maximum atomic E-state index is 9.61. The lowest BCUT2D eigenvalue weighted by molar-refractivity contribution is 0.201. The minimum absolute atomic E-state index is 0.00717. The van der Waals surface area contributed by atoms with Crippen molar-refractivity contribution < 1.29 is 14.6 Å². The lowest BCUT2D eigenvalue weighted by Crippen LogP contribution is -2.18. The third-order valence-corrected chi connectivity index (χ3v) is 5.52. The first-order valence-electron chi connectivity index (χ1n) is 10.5. The zero-order valence-corrected chi connectivity index (χ0v) is 17.3. The number of aliphatic hydroxyl groups excluding tert-OH is 1. The van der Waals surface area contributed by atoms with Crippen LogP contribution in [0.4, 0.5) is 11.4 Å². The molecule has 1 N–H and O–H groups in total. The van der Waals surface area contributed by atoms with Crippen molar-refractivity contribution in [1.29, 1.82) is 0 Å². The Labute approximate surface area is 177 Å². The molecular formula is C25H28N2O3. The number of aliphatic hydroxyl groups is 1. The molecule has 2 aromatic carbocycles. The molecule has 1 aromatic heterocycles. The lowest BCUT2D eigenvalue weighted by atomic mass is 10.1. The van der Waals surface area contributed by atoms with Crippen molar-refractivity contribution in [3.8, 4) is 11.5 Å². The highest BCUT2D eigenvalue weighted by molar-refractivity contribution is 5.67. The normalized spacial score (nSPS) is 13.9. The number of hydrogen-bond acceptors (Lipinski definition) is 5. The van der Waals surface area contributed by atoms with Crippen LogP contribution in [0.1, 0.15) is 36.8 Å². The van der Waals surface area contributed by atoms with E-state index in [0.29, 0.717) is 6.54 Å². The third-order valence-electron chi connectivity index (χ3n) is 5.52. The summed E-state index contributed by atoms with van der Waals surface area (Å²) >= 11 is 0. The Balaban J connectivity index is 1.71. The molecule has 0 amide bonds. The van der Waals surface area contributed by atoms with E-state index in [1.54, 1.807) is 13.3 Å². The molecule has 4 rings (SSSR count). The van der Waals surface area contributed by atoms with Gasteiger partial charge in [0.2, 0.25) is 0 Å². The highest BCUT2D eigenvalue weighted by Crippen LogP contribution is 2.38. The molecule has 0 atom stereocenters. The summed E-state index contributed by atoms with van der Waals surface area (Å²) in [7, 11) is 1.68. The fourth-order valence-corrected chi connectivity index (χ4v) is 3.94. The van der Waals surface area contributed by atoms with Gasteiger partial charge in [-0.2, -0.15) is 0 Å². The number of hydrogen-bond donors (Lipinski definition) is 1. The fourth-order valence-electron chi connectivity index (χ4n) is 3.94. The topological polar surface area (TPSA) is 54.8 Å². The van der Waals surface area contributed by atoms with Gasteiger partial charge in [0, 0.05) is 36.4 Å². The number of methoxy groups -OCH3 is 1. The second-order valence-electron chi connectivity index (χ2n) is 7.63. The first-order chi connectivity index (χ1) is 14.8. The van der Waals surface area contributed by atoms with Gasteiger partial charge in [-0.3, -0.25) is 4.98 Å². The molecule has 3 aromatic rings. The molecule has 156 valence electrons. The van der Waals surface area contributed by atoms with Crippen molar-refractivity contribution in [2.24, 2.45) is 0 Å². The number of anilines is 2. The van der Waals surface area contributed by atoms with Crippen molar-refractivity contribution in [1.82, 2.24) is 4.98 Å². The van der Waals surface area contributed by atoms with Crippen LogP contribution >= 0.6 is 0 Å². The Morgan fingerprint density at radius 2 is 1.77 bits per heavy atom. The second kappa shape index (κ2) is 9.63. The van der Waals surface area contributed by atoms with Gasteiger partial charge >= 0.3 is 0 Å². The van der Waals surface area contributed by atoms with Gasteiger partial charge in [-0.1, -0.05) is 18.2 Å². The van der Waals surface area contributed by atoms with Gasteiger partial charge in [-0.15, -0.1) is 0 Å². The number of aromatic nitrogens is 1. The number of nitrogens with zero attached hydrogens (tertiary/aromatic N) is 2. The van der Waals surface area contributed by atoms with Crippen LogP contribution in [0.25, 0.3) is 0 Å². The standard InChI is InChI=1S/C25H28N2O3/c1-29-24-12-11-22(15-25(24)30-23-9-2-3-10-23)27(17-20-7-5-13-26-16-20)21-8-4-6-19(14-21)18-28/h4-8,11-16,23,28H,2-3,9-10,17-18H2,1H3. The molecule has 0 unspecified atom stereocenters. The van der Waals surface area contributed by atoms with Crippen LogP contribution in [0.3, 0.4) is 0 Å². The molecule has 0 bridgehead atoms. The minimum Gasteiger partial charge on any atom is -0.493 e. The van der Waals surface area contributed by atoms with Crippen LogP contribution in [-0.2, 0) is 13.2 Å². The maximum absolute atomic E-state index is 9.61. The summed E-state index contributed by atoms with van der Waals surface area (Å²) in [5.74, 6) is 1.52. The monoisotopic (exact) mass is 404 g/mol. The summed E-state index contributed by atoms with van der Waals surface area (Å²) in [5.41, 5.74) is 3.98. The molecule has 5 heteroatoms. The Kier molecular flexibility index (Phi) is 6.50. The first kappa shape index (κ1) is 20.2. The SMILES string of the molecule is COc1ccc(N(Cc2cccnc2)c2cccc(CO)c2)cc1OC1CCCC1. The predicted octanol–water partition coefficient (Wildman–Crippen LogP) is 5.24. The van der Waals surface area contributed by atoms with Crippen molar-refractivity contribution in [2.75, 3.05) is 12.0 Å². The van der Waals surface area contributed by atoms with E-state index in [9.17, 15) is 5.11 Å². The average Bonchev–Trinajstić information content (AvgIpc) is 3.31. The highest BCUT2D eigenvalue weighted by Gasteiger charge is 2.20. The molecule has 1 heterocycles. The van der Waals surface area contributed by atoms with Crippen LogP contribution < -0.4 is 14.4 Å². The summed E-state index contributed by atoms with van der Waals surface area (Å²) in [6.07, 6.45) is 8.51. The van der Waals surface area contributed by atoms with Gasteiger partial charge in [-0.05, 0) is 67.1 Å². The van der Waals surface area contributed by atoms with Crippen LogP contribution in [0.5, 0.6) is 11.5 Å². The van der Waals surface area contributed by atoms with Crippen LogP contribution in [-0.4, -0.2) is 23.3 Å². The summed E-state index contributed by atoms with van der Waals surface area (Å²) in [5, 5.41) is 9.61. The molecule has 1 fully saturated rings. The van der Waals surface area contributed by atoms with Gasteiger partial charge in [0.25, 0.3) is 0 Å². The van der Waals surface area contributed by atoms with Crippen molar-refractivity contribution in [3.05, 3.63) is 78.1 Å². The zero-order chi connectivity index (χ0) is 20.8. The molecule has 0 aliphatic heterocycles. The van der Waals surface area contributed by atoms with Gasteiger partial charge in [-0.25, -0.2) is 0 Å². The largest absolute Gasteiger partial charge is 0.493 e. The molecule has 1 aliphatic carbocycles. The van der Waals surface area contributed by atoms with Crippen LogP contribution in [0.15, 0.2) is 67.0 Å². The first-order valence-corrected chi connectivity index (χ1v) is 10.5. The Morgan fingerprint density at radius 1 is 0.967 bits per heavy atom. The molecular weight excluding hydrogens is 376 g/mol. The number of rotatable bonds is 8. The smallest absolute Gasteiger partial charge is 0.163 e. The summed E-state index contributed by atoms with van der Waals surface area (Å²) in [4.78, 5) is 6.47. The number of pyridine rings is 1. The predicted molar refractivity (Wildman–Crippen MR) is 118 cm³/mol. The Hall–Kier alpha value is -3.05. The highest BCUT2D eigenvalue weighted by atomic mass is 16.5. The van der Waals surface area contributed by atoms with Crippen molar-refractivity contribution in [3.63, 3.8) is 0 Å². The summed E-state index contributed by atoms with van der Waals surface area (Å²) < 4.78 is 11.9. The molecule has 1 saturated carbocycles. The van der Waals surface area contributed by atoms with E-state index in [1.165, 1.54) is 12.8 Å². The minimum atomic E-state index is 0.00717. The van der Waals surface area contributed by atoms with E-state index in [0.717, 1.165) is 46.8 Å². The van der Waals surface area contributed by atoms with Crippen LogP contribution in [0, 0.1) is 0 Å². The van der Waals surface area contributed by atoms with Crippen molar-refractivity contribution >= 4 is 11.4 Å². The molecule has 30 heavy (non-hydrogen) atoms. The van der Waals surface area contributed by atoms with E-state index in [1.807, 2.05) is 42.6 Å². The van der Waals surface area contributed by atoms with E-state index in [4.69, 9.17) is 9.47 Å². The van der Waals surface area contributed by atoms with E-state index in [-0.39, 0.29) is 12.7 Å². The fraction of sp³-hybridized carbons (Fsp3) is 0.320. The third kappa shape index (κ3) is 4.74. The lowest BCUT2D eigenvalue weighted by Gasteiger charge is -2.27. The zero-order valence-electron chi connectivity index (χ0n) is 17.3. The van der Waals surface area contributed by atoms with E-state index >= 15 is 0 Å². The summed E-state index contributed by atoms with van der Waals surface area (Å²) in [6, 6.07) is 18.0. The molecule has 1 aliphatic rings. The Bertz CT molecular complexity index is 956. The molecule has 0 spiro atoms. The van der Waals surface area contributed by atoms with Gasteiger partial charge in [0.15, 0.2) is 11.5 Å². The van der Waals surface area contributed by atoms with Gasteiger partial charge in [0.05, 0.1) is 19.8 Å². The number of ether oxygens (including phenoxy) is 2. The molecule has 5 nitrogen and oxygen atoms in total. The van der Waals surface area contributed by atoms with Crippen molar-refractivity contribution in [2.45, 2.75) is 44.9 Å². The average molecular weight is 405 g/mol. The maximum Gasteiger partial charge on any atom is 0.163 e. The van der Waals surface area contributed by atoms with Gasteiger partial charge in [0.1, 0.15) is 0 Å². The molecule has 0 saturated heterocycles. The number of benzene rings is 2. The van der Waals surface area contributed by atoms with Gasteiger partial charge < -0.3 is 19.5 Å².